The summed E-state index contributed by atoms with van der Waals surface area (Å²) in [4.78, 5) is 32.4. The summed E-state index contributed by atoms with van der Waals surface area (Å²) in [7, 11) is 0. The number of amidine groups is 1. The third-order valence-electron chi connectivity index (χ3n) is 5.04. The van der Waals surface area contributed by atoms with Gasteiger partial charge in [-0.3, -0.25) is 19.3 Å². The molecule has 0 unspecified atom stereocenters. The first-order valence-electron chi connectivity index (χ1n) is 10.8. The van der Waals surface area contributed by atoms with Crippen LogP contribution in [0.15, 0.2) is 59.9 Å². The van der Waals surface area contributed by atoms with Crippen molar-refractivity contribution in [3.05, 3.63) is 66.3 Å². The first-order valence-corrected chi connectivity index (χ1v) is 10.8. The Hall–Kier alpha value is -4.22. The zero-order valence-corrected chi connectivity index (χ0v) is 18.5. The van der Waals surface area contributed by atoms with Gasteiger partial charge in [0.1, 0.15) is 23.8 Å². The first kappa shape index (κ1) is 23.9. The van der Waals surface area contributed by atoms with Crippen molar-refractivity contribution in [2.24, 2.45) is 4.99 Å². The Morgan fingerprint density at radius 1 is 1.20 bits per heavy atom. The van der Waals surface area contributed by atoms with Gasteiger partial charge < -0.3 is 16.0 Å². The molecule has 2 aromatic heterocycles. The number of anilines is 1. The van der Waals surface area contributed by atoms with Crippen LogP contribution in [0.3, 0.4) is 0 Å². The highest BCUT2D eigenvalue weighted by Gasteiger charge is 2.32. The Bertz CT molecular complexity index is 1300. The second kappa shape index (κ2) is 10.4. The van der Waals surface area contributed by atoms with E-state index in [1.54, 1.807) is 24.4 Å². The van der Waals surface area contributed by atoms with E-state index in [9.17, 15) is 22.8 Å². The third kappa shape index (κ3) is 6.43. The molecule has 182 valence electrons. The second-order valence-electron chi connectivity index (χ2n) is 7.72. The molecule has 1 aliphatic rings. The van der Waals surface area contributed by atoms with Crippen molar-refractivity contribution in [1.29, 1.82) is 0 Å². The Kier molecular flexibility index (Phi) is 7.09. The number of nitrogens with zero attached hydrogens (tertiary/aromatic N) is 4. The molecule has 0 saturated heterocycles. The number of nitrogens with one attached hydrogen (secondary N) is 3. The summed E-state index contributed by atoms with van der Waals surface area (Å²) in [6.45, 7) is 0.864. The van der Waals surface area contributed by atoms with Gasteiger partial charge >= 0.3 is 6.18 Å². The van der Waals surface area contributed by atoms with Crippen LogP contribution < -0.4 is 16.0 Å². The van der Waals surface area contributed by atoms with E-state index in [4.69, 9.17) is 0 Å². The summed E-state index contributed by atoms with van der Waals surface area (Å²) in [5.74, 6) is -0.101. The average molecular weight is 485 g/mol. The van der Waals surface area contributed by atoms with Crippen LogP contribution in [0.4, 0.5) is 18.9 Å². The van der Waals surface area contributed by atoms with Gasteiger partial charge in [0.25, 0.3) is 5.91 Å². The van der Waals surface area contributed by atoms with Gasteiger partial charge in [0.05, 0.1) is 12.1 Å². The van der Waals surface area contributed by atoms with Gasteiger partial charge in [0, 0.05) is 30.2 Å². The van der Waals surface area contributed by atoms with E-state index in [1.165, 1.54) is 10.7 Å². The molecular weight excluding hydrogens is 463 g/mol. The molecule has 2 amide bonds. The van der Waals surface area contributed by atoms with Gasteiger partial charge in [-0.25, -0.2) is 4.98 Å². The molecule has 3 N–H and O–H groups in total. The van der Waals surface area contributed by atoms with E-state index < -0.39 is 17.8 Å². The lowest BCUT2D eigenvalue weighted by Crippen LogP contribution is -2.30. The summed E-state index contributed by atoms with van der Waals surface area (Å²) in [5.41, 5.74) is -0.546. The minimum Gasteiger partial charge on any atom is -0.353 e. The number of halogens is 3. The number of carbonyl (C=O) groups is 2. The lowest BCUT2D eigenvalue weighted by atomic mass is 10.2. The Labute approximate surface area is 198 Å². The van der Waals surface area contributed by atoms with Crippen molar-refractivity contribution in [2.45, 2.75) is 25.6 Å². The minimum absolute atomic E-state index is 0.00207. The van der Waals surface area contributed by atoms with Crippen LogP contribution in [-0.2, 0) is 17.5 Å². The molecule has 0 bridgehead atoms. The zero-order chi connectivity index (χ0) is 24.8. The fourth-order valence-electron chi connectivity index (χ4n) is 3.39. The van der Waals surface area contributed by atoms with Gasteiger partial charge in [-0.05, 0) is 43.0 Å². The van der Waals surface area contributed by atoms with Crippen molar-refractivity contribution in [1.82, 2.24) is 25.4 Å². The van der Waals surface area contributed by atoms with Gasteiger partial charge in [0.2, 0.25) is 5.91 Å². The number of aliphatic imine (C=N–C) groups is 1. The molecule has 0 spiro atoms. The fraction of sp³-hybridized carbons (Fsp3) is 0.261. The number of hydrogen-bond acceptors (Lipinski definition) is 5. The maximum absolute atomic E-state index is 12.8. The number of fused-ring (bicyclic) bond motifs is 1. The molecule has 0 atom stereocenters. The molecule has 0 fully saturated rings. The fourth-order valence-corrected chi connectivity index (χ4v) is 3.39. The van der Waals surface area contributed by atoms with Gasteiger partial charge in [-0.15, -0.1) is 0 Å². The first-order chi connectivity index (χ1) is 16.8. The van der Waals surface area contributed by atoms with Crippen molar-refractivity contribution >= 4 is 34.2 Å². The molecule has 0 saturated carbocycles. The highest BCUT2D eigenvalue weighted by molar-refractivity contribution is 6.03. The lowest BCUT2D eigenvalue weighted by Gasteiger charge is -2.09. The van der Waals surface area contributed by atoms with Crippen LogP contribution >= 0.6 is 0 Å². The molecule has 1 aliphatic heterocycles. The van der Waals surface area contributed by atoms with E-state index in [2.05, 4.69) is 31.0 Å². The monoisotopic (exact) mass is 485 g/mol. The largest absolute Gasteiger partial charge is 0.433 e. The molecular formula is C23H22F3N7O2. The molecule has 0 aliphatic carbocycles. The third-order valence-corrected chi connectivity index (χ3v) is 5.04. The molecule has 4 rings (SSSR count). The Morgan fingerprint density at radius 2 is 2.06 bits per heavy atom. The number of benzene rings is 1. The standard InChI is InChI=1S/C23H22F3N7O2/c24-23(25,26)19-5-3-4-18(31-19)22(35)30-16-7-8-17-15(12-16)13-33(32-17)14-21(34)29-11-10-28-20-6-1-2-9-27-20/h2-5,7-9,12-13H,1,6,10-11,14H2,(H,27,28)(H,29,34)(H,30,35). The summed E-state index contributed by atoms with van der Waals surface area (Å²) >= 11 is 0. The minimum atomic E-state index is -4.64. The summed E-state index contributed by atoms with van der Waals surface area (Å²) in [6, 6.07) is 7.95. The lowest BCUT2D eigenvalue weighted by molar-refractivity contribution is -0.141. The number of amides is 2. The number of allylic oxidation sites excluding steroid dienone is 1. The van der Waals surface area contributed by atoms with Crippen LogP contribution in [0.1, 0.15) is 29.0 Å². The SMILES string of the molecule is O=C(Cn1cc2cc(NC(=O)c3cccc(C(F)(F)F)n3)ccc2n1)NCCN=C1CCC=CN1. The van der Waals surface area contributed by atoms with Crippen molar-refractivity contribution in [2.75, 3.05) is 18.4 Å². The molecule has 12 heteroatoms. The number of aromatic nitrogens is 3. The maximum atomic E-state index is 12.8. The highest BCUT2D eigenvalue weighted by atomic mass is 19.4. The molecule has 35 heavy (non-hydrogen) atoms. The normalized spacial score (nSPS) is 14.7. The van der Waals surface area contributed by atoms with E-state index in [1.807, 2.05) is 12.3 Å². The summed E-state index contributed by atoms with van der Waals surface area (Å²) in [5, 5.41) is 13.4. The van der Waals surface area contributed by atoms with Gasteiger partial charge in [0.15, 0.2) is 0 Å². The van der Waals surface area contributed by atoms with Gasteiger partial charge in [-0.2, -0.15) is 18.3 Å². The predicted octanol–water partition coefficient (Wildman–Crippen LogP) is 3.11. The van der Waals surface area contributed by atoms with Gasteiger partial charge in [-0.1, -0.05) is 12.1 Å². The Balaban J connectivity index is 1.33. The predicted molar refractivity (Wildman–Crippen MR) is 124 cm³/mol. The smallest absolute Gasteiger partial charge is 0.353 e. The van der Waals surface area contributed by atoms with E-state index in [0.717, 1.165) is 30.8 Å². The summed E-state index contributed by atoms with van der Waals surface area (Å²) in [6.07, 6.45) is 2.67. The van der Waals surface area contributed by atoms with E-state index in [-0.39, 0.29) is 18.1 Å². The number of pyridine rings is 1. The van der Waals surface area contributed by atoms with Crippen LogP contribution in [0.25, 0.3) is 10.9 Å². The topological polar surface area (TPSA) is 113 Å². The molecule has 1 aromatic carbocycles. The van der Waals surface area contributed by atoms with E-state index in [0.29, 0.717) is 29.7 Å². The molecule has 0 radical (unpaired) electrons. The number of rotatable bonds is 7. The van der Waals surface area contributed by atoms with Crippen molar-refractivity contribution < 1.29 is 22.8 Å². The highest BCUT2D eigenvalue weighted by Crippen LogP contribution is 2.27. The number of carbonyl (C=O) groups excluding carboxylic acids is 2. The Morgan fingerprint density at radius 3 is 2.83 bits per heavy atom. The zero-order valence-electron chi connectivity index (χ0n) is 18.5. The van der Waals surface area contributed by atoms with E-state index >= 15 is 0 Å². The molecule has 3 heterocycles. The van der Waals surface area contributed by atoms with Crippen LogP contribution in [0, 0.1) is 0 Å². The number of alkyl halides is 3. The average Bonchev–Trinajstić information content (AvgIpc) is 3.23. The van der Waals surface area contributed by atoms with Crippen LogP contribution in [0.5, 0.6) is 0 Å². The maximum Gasteiger partial charge on any atom is 0.433 e. The van der Waals surface area contributed by atoms with Crippen LogP contribution in [-0.4, -0.2) is 45.5 Å². The molecule has 3 aromatic rings. The van der Waals surface area contributed by atoms with Crippen molar-refractivity contribution in [3.8, 4) is 0 Å². The second-order valence-corrected chi connectivity index (χ2v) is 7.72. The van der Waals surface area contributed by atoms with Crippen LogP contribution in [0.2, 0.25) is 0 Å². The quantitative estimate of drug-likeness (QED) is 0.445. The number of hydrogen-bond donors (Lipinski definition) is 3. The molecule has 9 nitrogen and oxygen atoms in total. The van der Waals surface area contributed by atoms with Crippen molar-refractivity contribution in [3.63, 3.8) is 0 Å². The summed E-state index contributed by atoms with van der Waals surface area (Å²) < 4.78 is 40.0.